The van der Waals surface area contributed by atoms with E-state index in [9.17, 15) is 0 Å². The van der Waals surface area contributed by atoms with Gasteiger partial charge in [-0.3, -0.25) is 0 Å². The van der Waals surface area contributed by atoms with Crippen molar-refractivity contribution in [3.8, 4) is 11.1 Å². The van der Waals surface area contributed by atoms with E-state index in [1.807, 2.05) is 0 Å². The maximum Gasteiger partial charge on any atom is 0.0340 e. The Hall–Kier alpha value is -1.80. The van der Waals surface area contributed by atoms with E-state index in [1.54, 1.807) is 0 Å². The van der Waals surface area contributed by atoms with Gasteiger partial charge in [0.05, 0.1) is 0 Å². The van der Waals surface area contributed by atoms with Crippen LogP contribution < -0.4 is 5.32 Å². The summed E-state index contributed by atoms with van der Waals surface area (Å²) in [5.74, 6) is 0. The van der Waals surface area contributed by atoms with Gasteiger partial charge in [-0.2, -0.15) is 0 Å². The van der Waals surface area contributed by atoms with Crippen molar-refractivity contribution in [2.45, 2.75) is 20.3 Å². The zero-order valence-electron chi connectivity index (χ0n) is 13.2. The van der Waals surface area contributed by atoms with Crippen LogP contribution in [0, 0.1) is 0 Å². The fourth-order valence-electron chi connectivity index (χ4n) is 2.49. The quantitative estimate of drug-likeness (QED) is 0.717. The second-order valence-corrected chi connectivity index (χ2v) is 5.25. The van der Waals surface area contributed by atoms with Crippen molar-refractivity contribution in [2.75, 3.05) is 31.5 Å². The largest absolute Gasteiger partial charge is 0.385 e. The molecule has 2 heteroatoms. The van der Waals surface area contributed by atoms with Crippen LogP contribution in [0.1, 0.15) is 20.3 Å². The monoisotopic (exact) mass is 282 g/mol. The lowest BCUT2D eigenvalue weighted by Crippen LogP contribution is -2.25. The number of hydrogen-bond donors (Lipinski definition) is 1. The average molecular weight is 282 g/mol. The van der Waals surface area contributed by atoms with Gasteiger partial charge in [0.2, 0.25) is 0 Å². The van der Waals surface area contributed by atoms with Crippen molar-refractivity contribution >= 4 is 5.69 Å². The zero-order chi connectivity index (χ0) is 14.9. The van der Waals surface area contributed by atoms with Crippen molar-refractivity contribution in [3.05, 3.63) is 54.6 Å². The number of nitrogens with one attached hydrogen (secondary N) is 1. The highest BCUT2D eigenvalue weighted by molar-refractivity contribution is 5.65. The molecule has 0 atom stereocenters. The van der Waals surface area contributed by atoms with Gasteiger partial charge in [-0.05, 0) is 49.3 Å². The van der Waals surface area contributed by atoms with E-state index >= 15 is 0 Å². The first-order valence-corrected chi connectivity index (χ1v) is 7.95. The standard InChI is InChI=1S/C19H26N2/c1-3-21(4-2)16-8-15-20-19-13-11-18(12-14-19)17-9-6-5-7-10-17/h5-7,9-14,20H,3-4,8,15-16H2,1-2H3. The lowest BCUT2D eigenvalue weighted by atomic mass is 10.1. The van der Waals surface area contributed by atoms with Crippen LogP contribution in [0.4, 0.5) is 5.69 Å². The molecule has 0 unspecified atom stereocenters. The molecule has 2 nitrogen and oxygen atoms in total. The summed E-state index contributed by atoms with van der Waals surface area (Å²) < 4.78 is 0. The Morgan fingerprint density at radius 3 is 2.05 bits per heavy atom. The van der Waals surface area contributed by atoms with Gasteiger partial charge in [-0.1, -0.05) is 56.3 Å². The number of hydrogen-bond acceptors (Lipinski definition) is 2. The SMILES string of the molecule is CCN(CC)CCCNc1ccc(-c2ccccc2)cc1. The van der Waals surface area contributed by atoms with E-state index in [0.29, 0.717) is 0 Å². The highest BCUT2D eigenvalue weighted by atomic mass is 15.1. The van der Waals surface area contributed by atoms with Crippen molar-refractivity contribution < 1.29 is 0 Å². The van der Waals surface area contributed by atoms with Gasteiger partial charge in [0.15, 0.2) is 0 Å². The summed E-state index contributed by atoms with van der Waals surface area (Å²) >= 11 is 0. The zero-order valence-corrected chi connectivity index (χ0v) is 13.2. The van der Waals surface area contributed by atoms with E-state index in [0.717, 1.165) is 19.6 Å². The minimum absolute atomic E-state index is 1.03. The van der Waals surface area contributed by atoms with Gasteiger partial charge in [0, 0.05) is 12.2 Å². The average Bonchev–Trinajstić information content (AvgIpc) is 2.56. The molecule has 0 bridgehead atoms. The molecule has 0 saturated carbocycles. The van der Waals surface area contributed by atoms with Crippen LogP contribution in [-0.2, 0) is 0 Å². The first-order chi connectivity index (χ1) is 10.3. The molecule has 0 aliphatic rings. The molecule has 0 radical (unpaired) electrons. The summed E-state index contributed by atoms with van der Waals surface area (Å²) in [5.41, 5.74) is 3.74. The molecule has 0 aliphatic heterocycles. The molecule has 21 heavy (non-hydrogen) atoms. The Kier molecular flexibility index (Phi) is 6.29. The molecule has 0 saturated heterocycles. The van der Waals surface area contributed by atoms with Crippen LogP contribution in [0.15, 0.2) is 54.6 Å². The van der Waals surface area contributed by atoms with Crippen molar-refractivity contribution in [1.82, 2.24) is 4.90 Å². The van der Waals surface area contributed by atoms with Crippen LogP contribution in [0.5, 0.6) is 0 Å². The molecular weight excluding hydrogens is 256 g/mol. The molecule has 0 aliphatic carbocycles. The molecule has 1 N–H and O–H groups in total. The maximum atomic E-state index is 3.50. The van der Waals surface area contributed by atoms with E-state index in [2.05, 4.69) is 78.7 Å². The molecule has 0 aromatic heterocycles. The smallest absolute Gasteiger partial charge is 0.0340 e. The minimum Gasteiger partial charge on any atom is -0.385 e. The predicted molar refractivity (Wildman–Crippen MR) is 92.8 cm³/mol. The van der Waals surface area contributed by atoms with E-state index in [1.165, 1.54) is 29.8 Å². The minimum atomic E-state index is 1.03. The van der Waals surface area contributed by atoms with Gasteiger partial charge < -0.3 is 10.2 Å². The highest BCUT2D eigenvalue weighted by Crippen LogP contribution is 2.20. The summed E-state index contributed by atoms with van der Waals surface area (Å²) in [6.07, 6.45) is 1.18. The Morgan fingerprint density at radius 2 is 1.43 bits per heavy atom. The van der Waals surface area contributed by atoms with Gasteiger partial charge in [-0.15, -0.1) is 0 Å². The Morgan fingerprint density at radius 1 is 0.810 bits per heavy atom. The first kappa shape index (κ1) is 15.6. The third-order valence-electron chi connectivity index (χ3n) is 3.87. The Bertz CT molecular complexity index is 501. The van der Waals surface area contributed by atoms with E-state index in [-0.39, 0.29) is 0 Å². The molecular formula is C19H26N2. The number of rotatable bonds is 8. The molecule has 2 rings (SSSR count). The van der Waals surface area contributed by atoms with Gasteiger partial charge in [-0.25, -0.2) is 0 Å². The van der Waals surface area contributed by atoms with E-state index < -0.39 is 0 Å². The van der Waals surface area contributed by atoms with Gasteiger partial charge in [0.25, 0.3) is 0 Å². The summed E-state index contributed by atoms with van der Waals surface area (Å²) in [6.45, 7) is 8.92. The molecule has 0 amide bonds. The fraction of sp³-hybridized carbons (Fsp3) is 0.368. The van der Waals surface area contributed by atoms with E-state index in [4.69, 9.17) is 0 Å². The maximum absolute atomic E-state index is 3.50. The van der Waals surface area contributed by atoms with Crippen LogP contribution in [0.25, 0.3) is 11.1 Å². The van der Waals surface area contributed by atoms with Crippen LogP contribution in [-0.4, -0.2) is 31.1 Å². The molecule has 112 valence electrons. The summed E-state index contributed by atoms with van der Waals surface area (Å²) in [6, 6.07) is 19.2. The molecule has 2 aromatic carbocycles. The topological polar surface area (TPSA) is 15.3 Å². The second-order valence-electron chi connectivity index (χ2n) is 5.25. The van der Waals surface area contributed by atoms with Gasteiger partial charge >= 0.3 is 0 Å². The molecule has 0 spiro atoms. The molecule has 0 heterocycles. The number of benzene rings is 2. The lowest BCUT2D eigenvalue weighted by molar-refractivity contribution is 0.303. The Balaban J connectivity index is 1.80. The first-order valence-electron chi connectivity index (χ1n) is 7.95. The van der Waals surface area contributed by atoms with Crippen molar-refractivity contribution in [3.63, 3.8) is 0 Å². The van der Waals surface area contributed by atoms with Crippen molar-refractivity contribution in [1.29, 1.82) is 0 Å². The molecule has 2 aromatic rings. The van der Waals surface area contributed by atoms with Crippen molar-refractivity contribution in [2.24, 2.45) is 0 Å². The summed E-state index contributed by atoms with van der Waals surface area (Å²) in [4.78, 5) is 2.46. The van der Waals surface area contributed by atoms with Crippen LogP contribution in [0.2, 0.25) is 0 Å². The third kappa shape index (κ3) is 4.91. The normalized spacial score (nSPS) is 10.8. The summed E-state index contributed by atoms with van der Waals surface area (Å²) in [7, 11) is 0. The van der Waals surface area contributed by atoms with Crippen LogP contribution >= 0.6 is 0 Å². The summed E-state index contributed by atoms with van der Waals surface area (Å²) in [5, 5.41) is 3.50. The fourth-order valence-corrected chi connectivity index (χ4v) is 2.49. The number of anilines is 1. The highest BCUT2D eigenvalue weighted by Gasteiger charge is 1.99. The lowest BCUT2D eigenvalue weighted by Gasteiger charge is -2.18. The predicted octanol–water partition coefficient (Wildman–Crippen LogP) is 4.50. The molecule has 0 fully saturated rings. The van der Waals surface area contributed by atoms with Gasteiger partial charge in [0.1, 0.15) is 0 Å². The Labute approximate surface area is 128 Å². The number of nitrogens with zero attached hydrogens (tertiary/aromatic N) is 1. The van der Waals surface area contributed by atoms with Crippen LogP contribution in [0.3, 0.4) is 0 Å². The second kappa shape index (κ2) is 8.48. The third-order valence-corrected chi connectivity index (χ3v) is 3.87.